The van der Waals surface area contributed by atoms with Crippen LogP contribution in [0.3, 0.4) is 0 Å². The van der Waals surface area contributed by atoms with Gasteiger partial charge in [-0.3, -0.25) is 9.69 Å². The Kier molecular flexibility index (Phi) is 5.33. The van der Waals surface area contributed by atoms with Gasteiger partial charge in [0.2, 0.25) is 5.91 Å². The highest BCUT2D eigenvalue weighted by molar-refractivity contribution is 5.91. The van der Waals surface area contributed by atoms with Gasteiger partial charge in [-0.05, 0) is 44.1 Å². The van der Waals surface area contributed by atoms with Gasteiger partial charge in [0.15, 0.2) is 5.82 Å². The van der Waals surface area contributed by atoms with Gasteiger partial charge in [-0.1, -0.05) is 6.42 Å². The number of hydrogen-bond acceptors (Lipinski definition) is 5. The first-order valence-electron chi connectivity index (χ1n) is 9.64. The number of likely N-dealkylation sites (tertiary alicyclic amines) is 1. The lowest BCUT2D eigenvalue weighted by molar-refractivity contribution is -0.137. The molecular formula is C20H21F3N6O. The van der Waals surface area contributed by atoms with Crippen molar-refractivity contribution in [1.82, 2.24) is 19.3 Å². The third-order valence-electron chi connectivity index (χ3n) is 5.09. The second-order valence-electron chi connectivity index (χ2n) is 7.35. The highest BCUT2D eigenvalue weighted by atomic mass is 19.4. The second kappa shape index (κ2) is 7.94. The predicted molar refractivity (Wildman–Crippen MR) is 107 cm³/mol. The molecule has 0 aromatic carbocycles. The number of rotatable bonds is 4. The van der Waals surface area contributed by atoms with E-state index in [1.165, 1.54) is 12.6 Å². The van der Waals surface area contributed by atoms with Gasteiger partial charge in [0.1, 0.15) is 11.5 Å². The Morgan fingerprint density at radius 2 is 1.90 bits per heavy atom. The van der Waals surface area contributed by atoms with Gasteiger partial charge < -0.3 is 15.5 Å². The van der Waals surface area contributed by atoms with Gasteiger partial charge in [-0.15, -0.1) is 0 Å². The van der Waals surface area contributed by atoms with Crippen LogP contribution in [0, 0.1) is 0 Å². The Morgan fingerprint density at radius 1 is 1.13 bits per heavy atom. The molecule has 10 heteroatoms. The van der Waals surface area contributed by atoms with Gasteiger partial charge in [-0.25, -0.2) is 9.97 Å². The molecule has 0 atom stereocenters. The first kappa shape index (κ1) is 20.1. The van der Waals surface area contributed by atoms with Gasteiger partial charge in [0.05, 0.1) is 18.3 Å². The number of alkyl halides is 3. The zero-order chi connectivity index (χ0) is 21.3. The van der Waals surface area contributed by atoms with Crippen molar-refractivity contribution in [2.75, 3.05) is 30.7 Å². The van der Waals surface area contributed by atoms with Crippen LogP contribution in [0.5, 0.6) is 0 Å². The summed E-state index contributed by atoms with van der Waals surface area (Å²) in [5.74, 6) is -0.313. The lowest BCUT2D eigenvalue weighted by atomic mass is 10.1. The molecule has 3 N–H and O–H groups in total. The number of nitrogen functional groups attached to an aromatic ring is 1. The number of nitrogens with zero attached hydrogens (tertiary/aromatic N) is 4. The largest absolute Gasteiger partial charge is 0.419 e. The number of nitrogens with one attached hydrogen (secondary N) is 1. The van der Waals surface area contributed by atoms with E-state index in [0.717, 1.165) is 32.0 Å². The van der Waals surface area contributed by atoms with Crippen molar-refractivity contribution < 1.29 is 18.0 Å². The van der Waals surface area contributed by atoms with Crippen LogP contribution < -0.4 is 11.1 Å². The number of imidazole rings is 1. The molecule has 0 bridgehead atoms. The molecule has 0 unspecified atom stereocenters. The molecule has 3 aromatic heterocycles. The van der Waals surface area contributed by atoms with E-state index in [1.807, 2.05) is 0 Å². The molecule has 1 saturated heterocycles. The number of carbonyl (C=O) groups is 1. The van der Waals surface area contributed by atoms with Crippen LogP contribution in [-0.2, 0) is 11.0 Å². The molecular weight excluding hydrogens is 397 g/mol. The van der Waals surface area contributed by atoms with Gasteiger partial charge in [0, 0.05) is 23.5 Å². The molecule has 7 nitrogen and oxygen atoms in total. The average molecular weight is 418 g/mol. The minimum Gasteiger partial charge on any atom is -0.383 e. The Morgan fingerprint density at radius 3 is 2.63 bits per heavy atom. The van der Waals surface area contributed by atoms with E-state index in [1.54, 1.807) is 28.9 Å². The number of halogens is 3. The highest BCUT2D eigenvalue weighted by Crippen LogP contribution is 2.35. The summed E-state index contributed by atoms with van der Waals surface area (Å²) in [5, 5.41) is 2.78. The third-order valence-corrected chi connectivity index (χ3v) is 5.09. The van der Waals surface area contributed by atoms with E-state index in [2.05, 4.69) is 20.2 Å². The molecule has 1 amide bonds. The maximum Gasteiger partial charge on any atom is 0.419 e. The van der Waals surface area contributed by atoms with Crippen molar-refractivity contribution in [1.29, 1.82) is 0 Å². The summed E-state index contributed by atoms with van der Waals surface area (Å²) in [6, 6.07) is 4.29. The molecule has 3 aromatic rings. The molecule has 4 rings (SSSR count). The SMILES string of the molecule is Nc1ncc(-c2ccc3nc(NC(=O)CN4CCCCC4)cn3c2)cc1C(F)(F)F. The van der Waals surface area contributed by atoms with Crippen LogP contribution in [0.2, 0.25) is 0 Å². The lowest BCUT2D eigenvalue weighted by Gasteiger charge is -2.25. The minimum absolute atomic E-state index is 0.141. The number of hydrogen-bond donors (Lipinski definition) is 2. The fraction of sp³-hybridized carbons (Fsp3) is 0.350. The quantitative estimate of drug-likeness (QED) is 0.678. The molecule has 0 radical (unpaired) electrons. The standard InChI is InChI=1S/C20H21F3N6O/c21-20(22,23)15-8-14(9-25-19(15)24)13-4-5-17-26-16(11-29(17)10-13)27-18(30)12-28-6-2-1-3-7-28/h4-5,8-11H,1-3,6-7,12H2,(H2,24,25)(H,27,30). The Labute approximate surface area is 170 Å². The first-order chi connectivity index (χ1) is 14.3. The number of amides is 1. The average Bonchev–Trinajstić information content (AvgIpc) is 3.09. The molecule has 158 valence electrons. The van der Waals surface area contributed by atoms with E-state index in [9.17, 15) is 18.0 Å². The van der Waals surface area contributed by atoms with Crippen LogP contribution in [-0.4, -0.2) is 44.8 Å². The number of pyridine rings is 2. The van der Waals surface area contributed by atoms with E-state index >= 15 is 0 Å². The highest BCUT2D eigenvalue weighted by Gasteiger charge is 2.34. The van der Waals surface area contributed by atoms with Crippen molar-refractivity contribution in [3.63, 3.8) is 0 Å². The summed E-state index contributed by atoms with van der Waals surface area (Å²) in [4.78, 5) is 22.4. The Balaban J connectivity index is 1.53. The zero-order valence-electron chi connectivity index (χ0n) is 16.1. The molecule has 0 spiro atoms. The number of fused-ring (bicyclic) bond motifs is 1. The maximum absolute atomic E-state index is 13.1. The van der Waals surface area contributed by atoms with E-state index in [4.69, 9.17) is 5.73 Å². The van der Waals surface area contributed by atoms with Crippen molar-refractivity contribution in [3.05, 3.63) is 42.4 Å². The van der Waals surface area contributed by atoms with E-state index in [0.29, 0.717) is 23.6 Å². The molecule has 30 heavy (non-hydrogen) atoms. The van der Waals surface area contributed by atoms with Gasteiger partial charge in [-0.2, -0.15) is 13.2 Å². The summed E-state index contributed by atoms with van der Waals surface area (Å²) in [7, 11) is 0. The summed E-state index contributed by atoms with van der Waals surface area (Å²) in [6.07, 6.45) is 3.36. The summed E-state index contributed by atoms with van der Waals surface area (Å²) in [6.45, 7) is 2.14. The smallest absolute Gasteiger partial charge is 0.383 e. The van der Waals surface area contributed by atoms with Gasteiger partial charge >= 0.3 is 6.18 Å². The first-order valence-corrected chi connectivity index (χ1v) is 9.64. The molecule has 1 aliphatic rings. The maximum atomic E-state index is 13.1. The monoisotopic (exact) mass is 418 g/mol. The van der Waals surface area contributed by atoms with Crippen LogP contribution in [0.15, 0.2) is 36.8 Å². The zero-order valence-corrected chi connectivity index (χ0v) is 16.1. The number of piperidine rings is 1. The topological polar surface area (TPSA) is 88.5 Å². The summed E-state index contributed by atoms with van der Waals surface area (Å²) in [5.41, 5.74) is 5.75. The van der Waals surface area contributed by atoms with Crippen LogP contribution >= 0.6 is 0 Å². The van der Waals surface area contributed by atoms with Crippen LogP contribution in [0.25, 0.3) is 16.8 Å². The van der Waals surface area contributed by atoms with Crippen molar-refractivity contribution in [3.8, 4) is 11.1 Å². The number of aromatic nitrogens is 3. The molecule has 1 aliphatic heterocycles. The van der Waals surface area contributed by atoms with Crippen LogP contribution in [0.4, 0.5) is 24.8 Å². The second-order valence-corrected chi connectivity index (χ2v) is 7.35. The number of nitrogens with two attached hydrogens (primary N) is 1. The third kappa shape index (κ3) is 4.38. The molecule has 4 heterocycles. The van der Waals surface area contributed by atoms with E-state index < -0.39 is 17.6 Å². The predicted octanol–water partition coefficient (Wildman–Crippen LogP) is 3.42. The number of carbonyl (C=O) groups excluding carboxylic acids is 1. The van der Waals surface area contributed by atoms with Gasteiger partial charge in [0.25, 0.3) is 0 Å². The normalized spacial score (nSPS) is 15.4. The summed E-state index contributed by atoms with van der Waals surface area (Å²) < 4.78 is 41.0. The van der Waals surface area contributed by atoms with Crippen molar-refractivity contribution in [2.45, 2.75) is 25.4 Å². The lowest BCUT2D eigenvalue weighted by Crippen LogP contribution is -2.36. The molecule has 1 fully saturated rings. The minimum atomic E-state index is -4.59. The fourth-order valence-corrected chi connectivity index (χ4v) is 3.59. The molecule has 0 saturated carbocycles. The Hall–Kier alpha value is -3.14. The van der Waals surface area contributed by atoms with Crippen molar-refractivity contribution >= 4 is 23.2 Å². The van der Waals surface area contributed by atoms with E-state index in [-0.39, 0.29) is 11.5 Å². The number of anilines is 2. The van der Waals surface area contributed by atoms with Crippen molar-refractivity contribution in [2.24, 2.45) is 0 Å². The molecule has 0 aliphatic carbocycles. The Bertz CT molecular complexity index is 1070. The fourth-order valence-electron chi connectivity index (χ4n) is 3.59. The van der Waals surface area contributed by atoms with Crippen LogP contribution in [0.1, 0.15) is 24.8 Å². The summed E-state index contributed by atoms with van der Waals surface area (Å²) >= 11 is 0.